The molecule has 0 aliphatic heterocycles. The summed E-state index contributed by atoms with van der Waals surface area (Å²) in [5, 5.41) is 8.73. The molecule has 13 heavy (non-hydrogen) atoms. The van der Waals surface area contributed by atoms with Crippen LogP contribution in [-0.2, 0) is 6.61 Å². The molecule has 0 saturated carbocycles. The zero-order chi connectivity index (χ0) is 10.0. The van der Waals surface area contributed by atoms with Crippen molar-refractivity contribution in [1.82, 2.24) is 4.98 Å². The van der Waals surface area contributed by atoms with E-state index in [0.717, 1.165) is 6.20 Å². The van der Waals surface area contributed by atoms with Gasteiger partial charge in [-0.2, -0.15) is 0 Å². The average Bonchev–Trinajstić information content (AvgIpc) is 2.08. The molecule has 0 spiro atoms. The van der Waals surface area contributed by atoms with Gasteiger partial charge in [-0.3, -0.25) is 4.79 Å². The van der Waals surface area contributed by atoms with Crippen molar-refractivity contribution in [3.05, 3.63) is 33.2 Å². The highest BCUT2D eigenvalue weighted by molar-refractivity contribution is 5.31. The Bertz CT molecular complexity index is 360. The number of rotatable bonds is 2. The highest BCUT2D eigenvalue weighted by Gasteiger charge is 2.17. The smallest absolute Gasteiger partial charge is 0.264 e. The zero-order valence-electron chi connectivity index (χ0n) is 6.97. The summed E-state index contributed by atoms with van der Waals surface area (Å²) < 4.78 is 24.8. The van der Waals surface area contributed by atoms with Crippen LogP contribution in [0.2, 0.25) is 0 Å². The molecule has 0 unspecified atom stereocenters. The van der Waals surface area contributed by atoms with Crippen molar-refractivity contribution in [2.45, 2.75) is 20.0 Å². The quantitative estimate of drug-likeness (QED) is 0.732. The summed E-state index contributed by atoms with van der Waals surface area (Å²) in [4.78, 5) is 13.2. The third kappa shape index (κ3) is 1.75. The van der Waals surface area contributed by atoms with Gasteiger partial charge in [0.25, 0.3) is 12.0 Å². The molecule has 0 aliphatic rings. The molecule has 0 bridgehead atoms. The monoisotopic (exact) mass is 189 g/mol. The molecule has 0 radical (unpaired) electrons. The van der Waals surface area contributed by atoms with Crippen LogP contribution in [0.3, 0.4) is 0 Å². The van der Waals surface area contributed by atoms with Crippen molar-refractivity contribution >= 4 is 0 Å². The number of H-pyrrole nitrogens is 1. The fraction of sp³-hybridized carbons (Fsp3) is 0.375. The first-order valence-corrected chi connectivity index (χ1v) is 3.68. The molecular formula is C8H9F2NO2. The van der Waals surface area contributed by atoms with E-state index in [2.05, 4.69) is 4.98 Å². The van der Waals surface area contributed by atoms with Crippen LogP contribution >= 0.6 is 0 Å². The molecule has 2 N–H and O–H groups in total. The maximum atomic E-state index is 12.4. The summed E-state index contributed by atoms with van der Waals surface area (Å²) in [6.45, 7) is 0.802. The second-order valence-electron chi connectivity index (χ2n) is 2.64. The zero-order valence-corrected chi connectivity index (χ0v) is 6.97. The van der Waals surface area contributed by atoms with E-state index < -0.39 is 18.6 Å². The average molecular weight is 189 g/mol. The molecule has 1 rings (SSSR count). The van der Waals surface area contributed by atoms with Gasteiger partial charge in [-0.25, -0.2) is 8.78 Å². The molecule has 0 aromatic carbocycles. The first-order valence-electron chi connectivity index (χ1n) is 3.68. The lowest BCUT2D eigenvalue weighted by molar-refractivity contribution is 0.146. The van der Waals surface area contributed by atoms with E-state index >= 15 is 0 Å². The second-order valence-corrected chi connectivity index (χ2v) is 2.64. The highest BCUT2D eigenvalue weighted by atomic mass is 19.3. The van der Waals surface area contributed by atoms with E-state index in [1.165, 1.54) is 6.92 Å². The molecule has 0 amide bonds. The Hall–Kier alpha value is -1.23. The molecule has 1 aromatic heterocycles. The van der Waals surface area contributed by atoms with Gasteiger partial charge in [0.1, 0.15) is 0 Å². The lowest BCUT2D eigenvalue weighted by atomic mass is 10.1. The lowest BCUT2D eigenvalue weighted by Crippen LogP contribution is -2.14. The highest BCUT2D eigenvalue weighted by Crippen LogP contribution is 2.23. The molecule has 1 aromatic rings. The van der Waals surface area contributed by atoms with E-state index in [1.807, 2.05) is 0 Å². The van der Waals surface area contributed by atoms with Crippen LogP contribution in [0.15, 0.2) is 11.0 Å². The number of nitrogens with one attached hydrogen (secondary N) is 1. The van der Waals surface area contributed by atoms with Crippen LogP contribution in [0.1, 0.15) is 23.1 Å². The van der Waals surface area contributed by atoms with Gasteiger partial charge in [-0.05, 0) is 6.92 Å². The Balaban J connectivity index is 3.41. The van der Waals surface area contributed by atoms with E-state index in [9.17, 15) is 13.6 Å². The van der Waals surface area contributed by atoms with Crippen molar-refractivity contribution < 1.29 is 13.9 Å². The minimum Gasteiger partial charge on any atom is -0.392 e. The van der Waals surface area contributed by atoms with E-state index in [1.54, 1.807) is 0 Å². The number of hydrogen-bond donors (Lipinski definition) is 2. The van der Waals surface area contributed by atoms with Gasteiger partial charge >= 0.3 is 0 Å². The fourth-order valence-corrected chi connectivity index (χ4v) is 1.14. The van der Waals surface area contributed by atoms with E-state index in [4.69, 9.17) is 5.11 Å². The van der Waals surface area contributed by atoms with Crippen LogP contribution in [0.25, 0.3) is 0 Å². The summed E-state index contributed by atoms with van der Waals surface area (Å²) in [5.74, 6) is 0. The van der Waals surface area contributed by atoms with Gasteiger partial charge in [-0.1, -0.05) is 0 Å². The Morgan fingerprint density at radius 2 is 2.23 bits per heavy atom. The number of halogens is 2. The van der Waals surface area contributed by atoms with E-state index in [0.29, 0.717) is 0 Å². The predicted molar refractivity (Wildman–Crippen MR) is 42.7 cm³/mol. The number of alkyl halides is 2. The van der Waals surface area contributed by atoms with E-state index in [-0.39, 0.29) is 16.7 Å². The van der Waals surface area contributed by atoms with Gasteiger partial charge < -0.3 is 10.1 Å². The summed E-state index contributed by atoms with van der Waals surface area (Å²) in [5.41, 5.74) is -0.896. The molecule has 0 atom stereocenters. The second kappa shape index (κ2) is 3.66. The Morgan fingerprint density at radius 3 is 2.69 bits per heavy atom. The molecule has 1 heterocycles. The molecule has 3 nitrogen and oxygen atoms in total. The predicted octanol–water partition coefficient (Wildman–Crippen LogP) is 1.11. The summed E-state index contributed by atoms with van der Waals surface area (Å²) >= 11 is 0. The third-order valence-corrected chi connectivity index (χ3v) is 1.86. The minimum absolute atomic E-state index is 0.0402. The number of aromatic amines is 1. The van der Waals surface area contributed by atoms with Crippen molar-refractivity contribution in [3.8, 4) is 0 Å². The molecule has 72 valence electrons. The molecular weight excluding hydrogens is 180 g/mol. The number of pyridine rings is 1. The topological polar surface area (TPSA) is 53.1 Å². The Labute approximate surface area is 73.0 Å². The van der Waals surface area contributed by atoms with Crippen molar-refractivity contribution in [2.24, 2.45) is 0 Å². The maximum Gasteiger partial charge on any atom is 0.264 e. The SMILES string of the molecule is Cc1c(C(F)F)c(CO)c[nH]c1=O. The first kappa shape index (κ1) is 9.85. The van der Waals surface area contributed by atoms with Crippen LogP contribution in [0, 0.1) is 6.92 Å². The minimum atomic E-state index is -2.73. The standard InChI is InChI=1S/C8H9F2NO2/c1-4-6(7(9)10)5(3-12)2-11-8(4)13/h2,7,12H,3H2,1H3,(H,11,13). The first-order chi connectivity index (χ1) is 6.07. The third-order valence-electron chi connectivity index (χ3n) is 1.86. The van der Waals surface area contributed by atoms with Crippen LogP contribution in [0.5, 0.6) is 0 Å². The van der Waals surface area contributed by atoms with Gasteiger partial charge in [-0.15, -0.1) is 0 Å². The van der Waals surface area contributed by atoms with Gasteiger partial charge in [0.05, 0.1) is 6.61 Å². The summed E-state index contributed by atoms with van der Waals surface area (Å²) in [6.07, 6.45) is -1.62. The lowest BCUT2D eigenvalue weighted by Gasteiger charge is -2.08. The number of hydrogen-bond acceptors (Lipinski definition) is 2. The van der Waals surface area contributed by atoms with Crippen LogP contribution in [0.4, 0.5) is 8.78 Å². The summed E-state index contributed by atoms with van der Waals surface area (Å²) in [7, 11) is 0. The number of aromatic nitrogens is 1. The molecule has 0 aliphatic carbocycles. The Morgan fingerprint density at radius 1 is 1.62 bits per heavy atom. The molecule has 0 fully saturated rings. The van der Waals surface area contributed by atoms with Gasteiger partial charge in [0.2, 0.25) is 0 Å². The molecule has 0 saturated heterocycles. The summed E-state index contributed by atoms with van der Waals surface area (Å²) in [6, 6.07) is 0. The fourth-order valence-electron chi connectivity index (χ4n) is 1.14. The number of aliphatic hydroxyl groups excluding tert-OH is 1. The van der Waals surface area contributed by atoms with Crippen molar-refractivity contribution in [2.75, 3.05) is 0 Å². The van der Waals surface area contributed by atoms with Crippen molar-refractivity contribution in [1.29, 1.82) is 0 Å². The van der Waals surface area contributed by atoms with Crippen LogP contribution < -0.4 is 5.56 Å². The number of aliphatic hydroxyl groups is 1. The molecule has 5 heteroatoms. The van der Waals surface area contributed by atoms with Crippen molar-refractivity contribution in [3.63, 3.8) is 0 Å². The van der Waals surface area contributed by atoms with Crippen LogP contribution in [-0.4, -0.2) is 10.1 Å². The van der Waals surface area contributed by atoms with Gasteiger partial charge in [0.15, 0.2) is 0 Å². The largest absolute Gasteiger partial charge is 0.392 e. The maximum absolute atomic E-state index is 12.4. The normalized spacial score (nSPS) is 10.8. The Kier molecular flexibility index (Phi) is 2.77. The van der Waals surface area contributed by atoms with Gasteiger partial charge in [0, 0.05) is 22.9 Å².